The van der Waals surface area contributed by atoms with Gasteiger partial charge in [0.15, 0.2) is 0 Å². The molecule has 0 saturated heterocycles. The molecular weight excluding hydrogens is 757 g/mol. The number of aromatic nitrogens is 1. The molecule has 0 atom stereocenters. The molecule has 11 aromatic rings. The van der Waals surface area contributed by atoms with Gasteiger partial charge in [0.25, 0.3) is 0 Å². The molecule has 2 heterocycles. The topological polar surface area (TPSA) is 8.17 Å². The second kappa shape index (κ2) is 15.0. The van der Waals surface area contributed by atoms with Crippen molar-refractivity contribution in [2.75, 3.05) is 4.90 Å². The molecule has 3 heteroatoms. The summed E-state index contributed by atoms with van der Waals surface area (Å²) in [5.74, 6) is 0.580. The van der Waals surface area contributed by atoms with E-state index in [0.29, 0.717) is 5.92 Å². The number of nitrogens with zero attached hydrogens (tertiary/aromatic N) is 2. The molecule has 12 rings (SSSR count). The second-order valence-electron chi connectivity index (χ2n) is 16.6. The molecule has 0 radical (unpaired) electrons. The van der Waals surface area contributed by atoms with Crippen LogP contribution in [0.4, 0.5) is 17.1 Å². The van der Waals surface area contributed by atoms with Crippen molar-refractivity contribution in [2.24, 2.45) is 0 Å². The molecule has 0 bridgehead atoms. The van der Waals surface area contributed by atoms with E-state index in [2.05, 4.69) is 210 Å². The molecule has 9 aromatic carbocycles. The van der Waals surface area contributed by atoms with Crippen LogP contribution >= 0.6 is 11.3 Å². The lowest BCUT2D eigenvalue weighted by Gasteiger charge is -2.31. The molecular formula is C58H44N2S. The number of benzene rings is 9. The Balaban J connectivity index is 1.13. The van der Waals surface area contributed by atoms with Crippen LogP contribution in [0.25, 0.3) is 80.7 Å². The number of rotatable bonds is 7. The summed E-state index contributed by atoms with van der Waals surface area (Å²) in [7, 11) is 0. The molecule has 1 aliphatic carbocycles. The zero-order valence-electron chi connectivity index (χ0n) is 34.0. The molecule has 1 saturated carbocycles. The molecule has 2 nitrogen and oxygen atoms in total. The Hall–Kier alpha value is -6.94. The molecule has 0 N–H and O–H groups in total. The van der Waals surface area contributed by atoms with E-state index in [1.807, 2.05) is 11.3 Å². The van der Waals surface area contributed by atoms with Crippen LogP contribution < -0.4 is 4.90 Å². The number of anilines is 3. The van der Waals surface area contributed by atoms with Gasteiger partial charge in [-0.15, -0.1) is 11.3 Å². The van der Waals surface area contributed by atoms with Gasteiger partial charge >= 0.3 is 0 Å². The highest BCUT2D eigenvalue weighted by atomic mass is 32.1. The predicted molar refractivity (Wildman–Crippen MR) is 263 cm³/mol. The number of hydrogen-bond donors (Lipinski definition) is 0. The van der Waals surface area contributed by atoms with Gasteiger partial charge < -0.3 is 9.47 Å². The number of thiophene rings is 1. The van der Waals surface area contributed by atoms with Gasteiger partial charge in [0, 0.05) is 47.8 Å². The fourth-order valence-corrected chi connectivity index (χ4v) is 11.6. The normalized spacial score (nSPS) is 13.5. The van der Waals surface area contributed by atoms with E-state index in [-0.39, 0.29) is 0 Å². The van der Waals surface area contributed by atoms with E-state index in [9.17, 15) is 0 Å². The van der Waals surface area contributed by atoms with Crippen LogP contribution in [0.2, 0.25) is 0 Å². The minimum absolute atomic E-state index is 0.580. The molecule has 0 unspecified atom stereocenters. The first-order valence-corrected chi connectivity index (χ1v) is 22.6. The highest BCUT2D eigenvalue weighted by Crippen LogP contribution is 2.51. The van der Waals surface area contributed by atoms with E-state index in [1.165, 1.54) is 130 Å². The summed E-state index contributed by atoms with van der Waals surface area (Å²) in [6.07, 6.45) is 6.48. The van der Waals surface area contributed by atoms with Gasteiger partial charge in [-0.25, -0.2) is 0 Å². The third-order valence-corrected chi connectivity index (χ3v) is 14.3. The van der Waals surface area contributed by atoms with Crippen LogP contribution in [0, 0.1) is 0 Å². The van der Waals surface area contributed by atoms with Crippen molar-refractivity contribution in [3.05, 3.63) is 206 Å². The Morgan fingerprint density at radius 2 is 1.05 bits per heavy atom. The molecule has 0 amide bonds. The first-order chi connectivity index (χ1) is 30.3. The van der Waals surface area contributed by atoms with Crippen LogP contribution in [0.1, 0.15) is 43.6 Å². The van der Waals surface area contributed by atoms with E-state index >= 15 is 0 Å². The monoisotopic (exact) mass is 800 g/mol. The first kappa shape index (κ1) is 36.0. The van der Waals surface area contributed by atoms with Crippen LogP contribution in [0.3, 0.4) is 0 Å². The van der Waals surface area contributed by atoms with Gasteiger partial charge in [-0.3, -0.25) is 0 Å². The van der Waals surface area contributed by atoms with E-state index < -0.39 is 0 Å². The quantitative estimate of drug-likeness (QED) is 0.156. The van der Waals surface area contributed by atoms with Gasteiger partial charge in [0.1, 0.15) is 0 Å². The maximum absolute atomic E-state index is 2.58. The summed E-state index contributed by atoms with van der Waals surface area (Å²) in [6, 6.07) is 74.5. The van der Waals surface area contributed by atoms with Gasteiger partial charge in [0.05, 0.1) is 28.1 Å². The van der Waals surface area contributed by atoms with Crippen molar-refractivity contribution in [3.8, 4) is 27.9 Å². The Labute approximate surface area is 360 Å². The average Bonchev–Trinajstić information content (AvgIpc) is 3.88. The van der Waals surface area contributed by atoms with Crippen molar-refractivity contribution >= 4 is 81.1 Å². The molecule has 0 spiro atoms. The highest BCUT2D eigenvalue weighted by molar-refractivity contribution is 7.26. The molecule has 1 fully saturated rings. The van der Waals surface area contributed by atoms with E-state index in [1.54, 1.807) is 0 Å². The maximum atomic E-state index is 2.58. The third-order valence-electron chi connectivity index (χ3n) is 13.2. The van der Waals surface area contributed by atoms with Gasteiger partial charge in [0.2, 0.25) is 0 Å². The van der Waals surface area contributed by atoms with Gasteiger partial charge in [-0.05, 0) is 107 Å². The smallest absolute Gasteiger partial charge is 0.0555 e. The van der Waals surface area contributed by atoms with E-state index in [4.69, 9.17) is 0 Å². The molecule has 0 aliphatic heterocycles. The van der Waals surface area contributed by atoms with Crippen molar-refractivity contribution in [1.29, 1.82) is 0 Å². The van der Waals surface area contributed by atoms with Crippen LogP contribution in [-0.4, -0.2) is 4.57 Å². The standard InChI is InChI=1S/C58H44N2S/c1-3-18-39(19-4-1)44-28-15-20-40-21-16-29-47(57(40)44)45-25-8-13-32-52(45)60(54-33-17-35-56-58(54)48-27-10-14-34-55(48)61-56)50-30-11-7-24-43(50)41-36-37-53-49(38-41)46-26-9-12-31-51(46)59(53)42-22-5-2-6-23-42/h2,5-17,20-39H,1,3-4,18-19H2. The molecule has 2 aromatic heterocycles. The first-order valence-electron chi connectivity index (χ1n) is 21.8. The second-order valence-corrected chi connectivity index (χ2v) is 17.7. The number of hydrogen-bond acceptors (Lipinski definition) is 2. The molecule has 61 heavy (non-hydrogen) atoms. The van der Waals surface area contributed by atoms with Crippen molar-refractivity contribution in [3.63, 3.8) is 0 Å². The lowest BCUT2D eigenvalue weighted by Crippen LogP contribution is -2.13. The predicted octanol–water partition coefficient (Wildman–Crippen LogP) is 17.2. The maximum Gasteiger partial charge on any atom is 0.0555 e. The van der Waals surface area contributed by atoms with E-state index in [0.717, 1.165) is 5.69 Å². The fourth-order valence-electron chi connectivity index (χ4n) is 10.5. The van der Waals surface area contributed by atoms with Crippen LogP contribution in [-0.2, 0) is 0 Å². The summed E-state index contributed by atoms with van der Waals surface area (Å²) in [5, 5.41) is 7.79. The summed E-state index contributed by atoms with van der Waals surface area (Å²) in [6.45, 7) is 0. The van der Waals surface area contributed by atoms with Crippen LogP contribution in [0.5, 0.6) is 0 Å². The zero-order valence-corrected chi connectivity index (χ0v) is 34.8. The third kappa shape index (κ3) is 5.98. The van der Waals surface area contributed by atoms with Crippen molar-refractivity contribution in [2.45, 2.75) is 38.0 Å². The summed E-state index contributed by atoms with van der Waals surface area (Å²) in [5.41, 5.74) is 13.5. The Bertz CT molecular complexity index is 3420. The molecule has 292 valence electrons. The lowest BCUT2D eigenvalue weighted by atomic mass is 9.80. The fraction of sp³-hybridized carbons (Fsp3) is 0.103. The van der Waals surface area contributed by atoms with Crippen molar-refractivity contribution < 1.29 is 0 Å². The van der Waals surface area contributed by atoms with Crippen LogP contribution in [0.15, 0.2) is 200 Å². The Morgan fingerprint density at radius 3 is 1.90 bits per heavy atom. The van der Waals surface area contributed by atoms with Gasteiger partial charge in [-0.2, -0.15) is 0 Å². The highest BCUT2D eigenvalue weighted by Gasteiger charge is 2.26. The summed E-state index contributed by atoms with van der Waals surface area (Å²) >= 11 is 1.88. The summed E-state index contributed by atoms with van der Waals surface area (Å²) in [4.78, 5) is 2.58. The number of fused-ring (bicyclic) bond motifs is 7. The number of para-hydroxylation sites is 4. The Kier molecular flexibility index (Phi) is 8.82. The van der Waals surface area contributed by atoms with Gasteiger partial charge in [-0.1, -0.05) is 159 Å². The SMILES string of the molecule is c1ccc(-n2c3ccccc3c3cc(-c4ccccc4N(c4ccccc4-c4cccc5cccc(C6CCCCC6)c45)c4cccc5sc6ccccc6c45)ccc32)cc1. The Morgan fingerprint density at radius 1 is 0.426 bits per heavy atom. The zero-order chi connectivity index (χ0) is 40.3. The molecule has 1 aliphatic rings. The minimum atomic E-state index is 0.580. The summed E-state index contributed by atoms with van der Waals surface area (Å²) < 4.78 is 4.99. The largest absolute Gasteiger partial charge is 0.309 e. The average molecular weight is 801 g/mol. The lowest BCUT2D eigenvalue weighted by molar-refractivity contribution is 0.445. The van der Waals surface area contributed by atoms with Crippen molar-refractivity contribution in [1.82, 2.24) is 4.57 Å². The minimum Gasteiger partial charge on any atom is -0.309 e.